The molecule has 1 aromatic rings. The molecule has 1 aliphatic carbocycles. The molecule has 2 rings (SSSR count). The van der Waals surface area contributed by atoms with Gasteiger partial charge in [0.2, 0.25) is 0 Å². The fourth-order valence-corrected chi connectivity index (χ4v) is 3.03. The van der Waals surface area contributed by atoms with Gasteiger partial charge in [-0.15, -0.1) is 0 Å². The van der Waals surface area contributed by atoms with Crippen LogP contribution in [-0.2, 0) is 22.5 Å². The summed E-state index contributed by atoms with van der Waals surface area (Å²) in [5, 5.41) is 4.17. The highest BCUT2D eigenvalue weighted by molar-refractivity contribution is 6.04. The van der Waals surface area contributed by atoms with Gasteiger partial charge in [-0.05, 0) is 44.6 Å². The van der Waals surface area contributed by atoms with Gasteiger partial charge in [-0.2, -0.15) is 0 Å². The Hall–Kier alpha value is -1.58. The molecule has 0 radical (unpaired) electrons. The Morgan fingerprint density at radius 2 is 2.10 bits per heavy atom. The number of fused-ring (bicyclic) bond motifs is 1. The second kappa shape index (κ2) is 7.43. The summed E-state index contributed by atoms with van der Waals surface area (Å²) in [6.45, 7) is 6.38. The molecular weight excluding hydrogens is 264 g/mol. The number of aromatic nitrogens is 1. The van der Waals surface area contributed by atoms with Crippen LogP contribution in [0.15, 0.2) is 5.16 Å². The maximum Gasteiger partial charge on any atom is 0.335 e. The summed E-state index contributed by atoms with van der Waals surface area (Å²) >= 11 is 0. The third kappa shape index (κ3) is 3.74. The number of unbranched alkanes of at least 4 members (excludes halogenated alkanes) is 2. The van der Waals surface area contributed by atoms with Crippen molar-refractivity contribution in [3.8, 4) is 0 Å². The van der Waals surface area contributed by atoms with Gasteiger partial charge in [0.05, 0.1) is 5.71 Å². The molecular formula is C17H26N2O2. The highest BCUT2D eigenvalue weighted by Crippen LogP contribution is 2.27. The maximum absolute atomic E-state index is 11.7. The average Bonchev–Trinajstić information content (AvgIpc) is 2.81. The van der Waals surface area contributed by atoms with E-state index in [1.54, 1.807) is 0 Å². The molecule has 1 N–H and O–H groups in total. The van der Waals surface area contributed by atoms with E-state index in [0.29, 0.717) is 6.42 Å². The van der Waals surface area contributed by atoms with E-state index >= 15 is 0 Å². The zero-order valence-corrected chi connectivity index (χ0v) is 13.4. The monoisotopic (exact) mass is 290 g/mol. The lowest BCUT2D eigenvalue weighted by Crippen LogP contribution is -2.14. The van der Waals surface area contributed by atoms with E-state index in [0.717, 1.165) is 50.7 Å². The number of nitrogens with zero attached hydrogens (tertiary/aromatic N) is 1. The standard InChI is InChI=1S/C17H26N2O2/c1-4-6-7-11-16(20)21-19-15-10-8-9-14-17(15)13(5-2)12(3)18-14/h18H,4-11H2,1-3H3. The zero-order valence-electron chi connectivity index (χ0n) is 13.4. The van der Waals surface area contributed by atoms with E-state index in [-0.39, 0.29) is 5.97 Å². The van der Waals surface area contributed by atoms with Crippen LogP contribution in [0, 0.1) is 6.92 Å². The minimum Gasteiger partial charge on any atom is -0.362 e. The highest BCUT2D eigenvalue weighted by atomic mass is 16.7. The van der Waals surface area contributed by atoms with Gasteiger partial charge >= 0.3 is 5.97 Å². The molecule has 0 bridgehead atoms. The summed E-state index contributed by atoms with van der Waals surface area (Å²) in [7, 11) is 0. The number of carbonyl (C=O) groups excluding carboxylic acids is 1. The molecule has 4 heteroatoms. The van der Waals surface area contributed by atoms with Crippen molar-refractivity contribution in [1.29, 1.82) is 0 Å². The number of nitrogens with one attached hydrogen (secondary N) is 1. The summed E-state index contributed by atoms with van der Waals surface area (Å²) in [5.74, 6) is -0.214. The Morgan fingerprint density at radius 3 is 2.81 bits per heavy atom. The number of hydrogen-bond donors (Lipinski definition) is 1. The molecule has 0 amide bonds. The van der Waals surface area contributed by atoms with Crippen LogP contribution in [0.3, 0.4) is 0 Å². The summed E-state index contributed by atoms with van der Waals surface area (Å²) in [6, 6.07) is 0. The Bertz CT molecular complexity index is 529. The molecule has 4 nitrogen and oxygen atoms in total. The largest absolute Gasteiger partial charge is 0.362 e. The van der Waals surface area contributed by atoms with Crippen LogP contribution in [0.5, 0.6) is 0 Å². The lowest BCUT2D eigenvalue weighted by Gasteiger charge is -2.14. The molecule has 0 aromatic carbocycles. The quantitative estimate of drug-likeness (QED) is 0.488. The number of carbonyl (C=O) groups is 1. The number of hydrogen-bond acceptors (Lipinski definition) is 3. The third-order valence-corrected chi connectivity index (χ3v) is 4.12. The number of H-pyrrole nitrogens is 1. The van der Waals surface area contributed by atoms with E-state index < -0.39 is 0 Å². The normalized spacial score (nSPS) is 16.0. The molecule has 0 saturated heterocycles. The van der Waals surface area contributed by atoms with Crippen LogP contribution in [0.2, 0.25) is 0 Å². The van der Waals surface area contributed by atoms with Crippen LogP contribution >= 0.6 is 0 Å². The van der Waals surface area contributed by atoms with Crippen molar-refractivity contribution in [2.45, 2.75) is 72.1 Å². The van der Waals surface area contributed by atoms with Gasteiger partial charge < -0.3 is 9.82 Å². The third-order valence-electron chi connectivity index (χ3n) is 4.12. The molecule has 116 valence electrons. The summed E-state index contributed by atoms with van der Waals surface area (Å²) in [4.78, 5) is 20.3. The number of aryl methyl sites for hydroxylation is 2. The van der Waals surface area contributed by atoms with Crippen molar-refractivity contribution in [3.05, 3.63) is 22.5 Å². The molecule has 0 saturated carbocycles. The first kappa shape index (κ1) is 15.8. The Balaban J connectivity index is 2.08. The lowest BCUT2D eigenvalue weighted by molar-refractivity contribution is -0.143. The minimum absolute atomic E-state index is 0.214. The van der Waals surface area contributed by atoms with Gasteiger partial charge in [-0.25, -0.2) is 4.79 Å². The van der Waals surface area contributed by atoms with Crippen LogP contribution in [0.4, 0.5) is 0 Å². The van der Waals surface area contributed by atoms with Gasteiger partial charge in [0.1, 0.15) is 0 Å². The Morgan fingerprint density at radius 1 is 1.29 bits per heavy atom. The lowest BCUT2D eigenvalue weighted by atomic mass is 9.92. The molecule has 1 aromatic heterocycles. The molecule has 0 atom stereocenters. The SMILES string of the molecule is CCCCCC(=O)ON=C1CCCc2[nH]c(C)c(CC)c21. The Labute approximate surface area is 127 Å². The molecule has 1 heterocycles. The average molecular weight is 290 g/mol. The predicted octanol–water partition coefficient (Wildman–Crippen LogP) is 4.05. The van der Waals surface area contributed by atoms with Gasteiger partial charge in [-0.1, -0.05) is 31.8 Å². The number of aromatic amines is 1. The smallest absolute Gasteiger partial charge is 0.335 e. The Kier molecular flexibility index (Phi) is 5.59. The van der Waals surface area contributed by atoms with Crippen molar-refractivity contribution in [2.24, 2.45) is 5.16 Å². The highest BCUT2D eigenvalue weighted by Gasteiger charge is 2.23. The van der Waals surface area contributed by atoms with Crippen molar-refractivity contribution in [1.82, 2.24) is 4.98 Å². The van der Waals surface area contributed by atoms with Crippen molar-refractivity contribution in [3.63, 3.8) is 0 Å². The molecule has 0 fully saturated rings. The molecule has 0 aliphatic heterocycles. The van der Waals surface area contributed by atoms with Gasteiger partial charge in [0.25, 0.3) is 0 Å². The minimum atomic E-state index is -0.214. The van der Waals surface area contributed by atoms with Crippen LogP contribution in [0.1, 0.15) is 74.9 Å². The van der Waals surface area contributed by atoms with Crippen LogP contribution < -0.4 is 0 Å². The first-order valence-corrected chi connectivity index (χ1v) is 8.14. The topological polar surface area (TPSA) is 54.4 Å². The summed E-state index contributed by atoms with van der Waals surface area (Å²) in [6.07, 6.45) is 7.49. The predicted molar refractivity (Wildman–Crippen MR) is 84.6 cm³/mol. The van der Waals surface area contributed by atoms with Gasteiger partial charge in [-0.3, -0.25) is 0 Å². The number of oxime groups is 1. The molecule has 1 aliphatic rings. The van der Waals surface area contributed by atoms with E-state index in [1.807, 2.05) is 0 Å². The first-order chi connectivity index (χ1) is 10.2. The fraction of sp³-hybridized carbons (Fsp3) is 0.647. The summed E-state index contributed by atoms with van der Waals surface area (Å²) in [5.41, 5.74) is 5.90. The van der Waals surface area contributed by atoms with E-state index in [1.165, 1.54) is 22.5 Å². The van der Waals surface area contributed by atoms with Gasteiger partial charge in [0.15, 0.2) is 0 Å². The van der Waals surface area contributed by atoms with Crippen molar-refractivity contribution < 1.29 is 9.63 Å². The van der Waals surface area contributed by atoms with E-state index in [9.17, 15) is 4.79 Å². The van der Waals surface area contributed by atoms with Crippen LogP contribution in [-0.4, -0.2) is 16.7 Å². The molecule has 21 heavy (non-hydrogen) atoms. The van der Waals surface area contributed by atoms with Crippen molar-refractivity contribution >= 4 is 11.7 Å². The van der Waals surface area contributed by atoms with Gasteiger partial charge in [0, 0.05) is 23.4 Å². The fourth-order valence-electron chi connectivity index (χ4n) is 3.03. The second-order valence-corrected chi connectivity index (χ2v) is 5.75. The van der Waals surface area contributed by atoms with Crippen LogP contribution in [0.25, 0.3) is 0 Å². The van der Waals surface area contributed by atoms with E-state index in [4.69, 9.17) is 4.84 Å². The summed E-state index contributed by atoms with van der Waals surface area (Å²) < 4.78 is 0. The molecule has 0 unspecified atom stereocenters. The van der Waals surface area contributed by atoms with E-state index in [2.05, 4.69) is 30.9 Å². The zero-order chi connectivity index (χ0) is 15.2. The maximum atomic E-state index is 11.7. The molecule has 0 spiro atoms. The number of rotatable bonds is 6. The second-order valence-electron chi connectivity index (χ2n) is 5.75. The first-order valence-electron chi connectivity index (χ1n) is 8.14. The van der Waals surface area contributed by atoms with Crippen molar-refractivity contribution in [2.75, 3.05) is 0 Å².